The fourth-order valence-corrected chi connectivity index (χ4v) is 4.49. The number of rotatable bonds is 4. The van der Waals surface area contributed by atoms with E-state index in [4.69, 9.17) is 17.3 Å². The van der Waals surface area contributed by atoms with E-state index in [1.165, 1.54) is 29.3 Å². The summed E-state index contributed by atoms with van der Waals surface area (Å²) in [5.41, 5.74) is 7.00. The molecule has 9 heteroatoms. The molecule has 6 nitrogen and oxygen atoms in total. The Kier molecular flexibility index (Phi) is 5.07. The number of fused-ring (bicyclic) bond motifs is 1. The smallest absolute Gasteiger partial charge is 0.276 e. The molecule has 1 aliphatic carbocycles. The molecular weight excluding hydrogens is 368 g/mol. The van der Waals surface area contributed by atoms with Crippen molar-refractivity contribution in [3.63, 3.8) is 0 Å². The van der Waals surface area contributed by atoms with E-state index in [1.54, 1.807) is 0 Å². The van der Waals surface area contributed by atoms with Gasteiger partial charge in [-0.25, -0.2) is 9.97 Å². The SMILES string of the molecule is CSc1ncc(Cl)c(C(=O)Nc2sc3c(c2C(N)=O)CCCC3)n1. The largest absolute Gasteiger partial charge is 0.365 e. The molecule has 126 valence electrons. The lowest BCUT2D eigenvalue weighted by Gasteiger charge is -2.11. The van der Waals surface area contributed by atoms with Crippen LogP contribution in [0.15, 0.2) is 11.4 Å². The minimum Gasteiger partial charge on any atom is -0.365 e. The summed E-state index contributed by atoms with van der Waals surface area (Å²) in [4.78, 5) is 33.7. The number of thioether (sulfide) groups is 1. The van der Waals surface area contributed by atoms with Gasteiger partial charge in [-0.15, -0.1) is 11.3 Å². The third-order valence-corrected chi connectivity index (χ3v) is 5.81. The number of hydrogen-bond acceptors (Lipinski definition) is 6. The molecule has 0 atom stereocenters. The number of nitrogens with two attached hydrogens (primary N) is 1. The minimum atomic E-state index is -0.525. The molecule has 0 radical (unpaired) electrons. The van der Waals surface area contributed by atoms with Gasteiger partial charge in [0.25, 0.3) is 11.8 Å². The van der Waals surface area contributed by atoms with Gasteiger partial charge in [-0.2, -0.15) is 0 Å². The second-order valence-corrected chi connectivity index (χ2v) is 7.57. The van der Waals surface area contributed by atoms with Gasteiger partial charge < -0.3 is 11.1 Å². The Bertz CT molecular complexity index is 822. The van der Waals surface area contributed by atoms with Gasteiger partial charge in [0, 0.05) is 4.88 Å². The quantitative estimate of drug-likeness (QED) is 0.625. The number of nitrogens with one attached hydrogen (secondary N) is 1. The maximum Gasteiger partial charge on any atom is 0.276 e. The lowest BCUT2D eigenvalue weighted by molar-refractivity contribution is 0.100. The lowest BCUT2D eigenvalue weighted by atomic mass is 9.95. The molecule has 0 fully saturated rings. The van der Waals surface area contributed by atoms with Crippen LogP contribution in [0.4, 0.5) is 5.00 Å². The number of halogens is 1. The molecule has 3 rings (SSSR count). The molecule has 1 aliphatic rings. The van der Waals surface area contributed by atoms with Gasteiger partial charge in [0.1, 0.15) is 5.00 Å². The summed E-state index contributed by atoms with van der Waals surface area (Å²) < 4.78 is 0. The van der Waals surface area contributed by atoms with Gasteiger partial charge in [-0.05, 0) is 37.5 Å². The fourth-order valence-electron chi connectivity index (χ4n) is 2.69. The molecule has 0 saturated heterocycles. The first-order valence-electron chi connectivity index (χ1n) is 7.33. The van der Waals surface area contributed by atoms with E-state index in [-0.39, 0.29) is 10.7 Å². The minimum absolute atomic E-state index is 0.0813. The van der Waals surface area contributed by atoms with Crippen LogP contribution in [0.5, 0.6) is 0 Å². The summed E-state index contributed by atoms with van der Waals surface area (Å²) in [6, 6.07) is 0. The number of aromatic nitrogens is 2. The summed E-state index contributed by atoms with van der Waals surface area (Å²) in [6.45, 7) is 0. The number of anilines is 1. The van der Waals surface area contributed by atoms with E-state index >= 15 is 0 Å². The third kappa shape index (κ3) is 3.26. The van der Waals surface area contributed by atoms with Gasteiger partial charge in [0.15, 0.2) is 10.9 Å². The first-order chi connectivity index (χ1) is 11.5. The Morgan fingerprint density at radius 1 is 1.38 bits per heavy atom. The zero-order valence-electron chi connectivity index (χ0n) is 12.9. The number of carbonyl (C=O) groups is 2. The van der Waals surface area contributed by atoms with Crippen LogP contribution >= 0.6 is 34.7 Å². The maximum atomic E-state index is 12.6. The van der Waals surface area contributed by atoms with Crippen LogP contribution < -0.4 is 11.1 Å². The summed E-state index contributed by atoms with van der Waals surface area (Å²) in [5, 5.41) is 3.83. The van der Waals surface area contributed by atoms with Crippen molar-refractivity contribution in [3.8, 4) is 0 Å². The molecule has 0 aliphatic heterocycles. The number of amides is 2. The first-order valence-corrected chi connectivity index (χ1v) is 9.75. The topological polar surface area (TPSA) is 98.0 Å². The second kappa shape index (κ2) is 7.08. The Morgan fingerprint density at radius 2 is 2.12 bits per heavy atom. The van der Waals surface area contributed by atoms with Crippen LogP contribution in [-0.2, 0) is 12.8 Å². The number of thiophene rings is 1. The molecule has 0 unspecified atom stereocenters. The fraction of sp³-hybridized carbons (Fsp3) is 0.333. The Labute approximate surface area is 152 Å². The van der Waals surface area contributed by atoms with Crippen molar-refractivity contribution < 1.29 is 9.59 Å². The predicted molar refractivity (Wildman–Crippen MR) is 96.3 cm³/mol. The molecule has 3 N–H and O–H groups in total. The highest BCUT2D eigenvalue weighted by Gasteiger charge is 2.26. The number of aryl methyl sites for hydroxylation is 1. The van der Waals surface area contributed by atoms with E-state index in [1.807, 2.05) is 6.26 Å². The molecule has 0 bridgehead atoms. The van der Waals surface area contributed by atoms with Crippen molar-refractivity contribution in [2.24, 2.45) is 5.73 Å². The lowest BCUT2D eigenvalue weighted by Crippen LogP contribution is -2.19. The number of carbonyl (C=O) groups excluding carboxylic acids is 2. The Balaban J connectivity index is 1.95. The zero-order valence-corrected chi connectivity index (χ0v) is 15.3. The number of nitrogens with zero attached hydrogens (tertiary/aromatic N) is 2. The highest BCUT2D eigenvalue weighted by atomic mass is 35.5. The highest BCUT2D eigenvalue weighted by molar-refractivity contribution is 7.98. The van der Waals surface area contributed by atoms with Crippen LogP contribution in [0.1, 0.15) is 44.1 Å². The Hall–Kier alpha value is -1.64. The van der Waals surface area contributed by atoms with Crippen LogP contribution in [0.25, 0.3) is 0 Å². The molecule has 0 spiro atoms. The highest BCUT2D eigenvalue weighted by Crippen LogP contribution is 2.38. The van der Waals surface area contributed by atoms with Gasteiger partial charge >= 0.3 is 0 Å². The molecule has 2 aromatic rings. The number of hydrogen-bond donors (Lipinski definition) is 2. The molecular formula is C15H15ClN4O2S2. The predicted octanol–water partition coefficient (Wildman–Crippen LogP) is 3.14. The third-order valence-electron chi connectivity index (χ3n) is 3.76. The summed E-state index contributed by atoms with van der Waals surface area (Å²) in [5.74, 6) is -0.998. The van der Waals surface area contributed by atoms with Crippen molar-refractivity contribution in [1.82, 2.24) is 9.97 Å². The van der Waals surface area contributed by atoms with Crippen LogP contribution in [0.2, 0.25) is 5.02 Å². The van der Waals surface area contributed by atoms with Gasteiger partial charge in [-0.1, -0.05) is 23.4 Å². The van der Waals surface area contributed by atoms with E-state index in [2.05, 4.69) is 15.3 Å². The van der Waals surface area contributed by atoms with Crippen LogP contribution in [0, 0.1) is 0 Å². The van der Waals surface area contributed by atoms with Crippen molar-refractivity contribution >= 4 is 51.5 Å². The van der Waals surface area contributed by atoms with Crippen LogP contribution in [-0.4, -0.2) is 28.0 Å². The molecule has 0 aromatic carbocycles. The molecule has 0 saturated carbocycles. The molecule has 24 heavy (non-hydrogen) atoms. The Morgan fingerprint density at radius 3 is 2.83 bits per heavy atom. The first kappa shape index (κ1) is 17.2. The molecule has 2 aromatic heterocycles. The van der Waals surface area contributed by atoms with E-state index in [9.17, 15) is 9.59 Å². The standard InChI is InChI=1S/C15H15ClN4O2S2/c1-23-15-18-6-8(16)11(19-15)13(22)20-14-10(12(17)21)7-4-2-3-5-9(7)24-14/h6H,2-5H2,1H3,(H2,17,21)(H,20,22). The van der Waals surface area contributed by atoms with Crippen LogP contribution in [0.3, 0.4) is 0 Å². The monoisotopic (exact) mass is 382 g/mol. The summed E-state index contributed by atoms with van der Waals surface area (Å²) in [6.07, 6.45) is 7.01. The molecule has 2 amide bonds. The van der Waals surface area contributed by atoms with Gasteiger partial charge in [0.2, 0.25) is 0 Å². The average molecular weight is 383 g/mol. The second-order valence-electron chi connectivity index (χ2n) is 5.29. The van der Waals surface area contributed by atoms with Gasteiger partial charge in [0.05, 0.1) is 16.8 Å². The molecule has 2 heterocycles. The van der Waals surface area contributed by atoms with Crippen molar-refractivity contribution in [3.05, 3.63) is 32.9 Å². The van der Waals surface area contributed by atoms with E-state index in [0.29, 0.717) is 15.7 Å². The normalized spacial score (nSPS) is 13.4. The van der Waals surface area contributed by atoms with E-state index < -0.39 is 11.8 Å². The van der Waals surface area contributed by atoms with Crippen molar-refractivity contribution in [1.29, 1.82) is 0 Å². The van der Waals surface area contributed by atoms with Gasteiger partial charge in [-0.3, -0.25) is 9.59 Å². The average Bonchev–Trinajstić information content (AvgIpc) is 2.93. The van der Waals surface area contributed by atoms with Crippen molar-refractivity contribution in [2.45, 2.75) is 30.8 Å². The summed E-state index contributed by atoms with van der Waals surface area (Å²) in [7, 11) is 0. The number of primary amides is 1. The van der Waals surface area contributed by atoms with Crippen molar-refractivity contribution in [2.75, 3.05) is 11.6 Å². The maximum absolute atomic E-state index is 12.6. The summed E-state index contributed by atoms with van der Waals surface area (Å²) >= 11 is 8.75. The van der Waals surface area contributed by atoms with E-state index in [0.717, 1.165) is 36.1 Å². The zero-order chi connectivity index (χ0) is 17.3.